The Bertz CT molecular complexity index is 886. The summed E-state index contributed by atoms with van der Waals surface area (Å²) in [5.74, 6) is -0.355. The van der Waals surface area contributed by atoms with Crippen molar-refractivity contribution in [3.05, 3.63) is 83.7 Å². The number of hydrogen-bond donors (Lipinski definition) is 0. The highest BCUT2D eigenvalue weighted by Crippen LogP contribution is 2.29. The summed E-state index contributed by atoms with van der Waals surface area (Å²) in [5.41, 5.74) is 1.14. The Hall–Kier alpha value is -3.09. The molecule has 134 valence electrons. The monoisotopic (exact) mass is 359 g/mol. The van der Waals surface area contributed by atoms with Crippen LogP contribution in [0.1, 0.15) is 21.5 Å². The molecule has 0 aliphatic rings. The number of aromatic nitrogens is 2. The molecule has 3 aromatic rings. The van der Waals surface area contributed by atoms with E-state index in [0.29, 0.717) is 6.54 Å². The van der Waals surface area contributed by atoms with Crippen molar-refractivity contribution in [2.45, 2.75) is 12.7 Å². The van der Waals surface area contributed by atoms with Crippen molar-refractivity contribution in [3.63, 3.8) is 0 Å². The summed E-state index contributed by atoms with van der Waals surface area (Å²) in [5, 5.41) is 4.26. The van der Waals surface area contributed by atoms with E-state index in [1.165, 1.54) is 17.0 Å². The van der Waals surface area contributed by atoms with Crippen molar-refractivity contribution < 1.29 is 18.0 Å². The third-order valence-electron chi connectivity index (χ3n) is 3.88. The van der Waals surface area contributed by atoms with Gasteiger partial charge in [0.15, 0.2) is 0 Å². The van der Waals surface area contributed by atoms with Crippen LogP contribution in [0.15, 0.2) is 67.0 Å². The number of para-hydroxylation sites is 1. The zero-order chi connectivity index (χ0) is 18.7. The lowest BCUT2D eigenvalue weighted by Crippen LogP contribution is -2.26. The number of amides is 1. The molecular weight excluding hydrogens is 343 g/mol. The summed E-state index contributed by atoms with van der Waals surface area (Å²) in [6.07, 6.45) is -0.950. The van der Waals surface area contributed by atoms with Crippen LogP contribution in [0.3, 0.4) is 0 Å². The minimum Gasteiger partial charge on any atom is -0.337 e. The van der Waals surface area contributed by atoms with E-state index in [2.05, 4.69) is 5.10 Å². The van der Waals surface area contributed by atoms with Crippen molar-refractivity contribution >= 4 is 5.91 Å². The van der Waals surface area contributed by atoms with Crippen LogP contribution in [0, 0.1) is 0 Å². The average molecular weight is 359 g/mol. The van der Waals surface area contributed by atoms with Gasteiger partial charge in [0.1, 0.15) is 0 Å². The van der Waals surface area contributed by atoms with Crippen LogP contribution in [-0.4, -0.2) is 27.6 Å². The summed E-state index contributed by atoms with van der Waals surface area (Å²) in [7, 11) is 1.60. The first kappa shape index (κ1) is 17.7. The van der Waals surface area contributed by atoms with Crippen molar-refractivity contribution in [1.82, 2.24) is 14.7 Å². The third-order valence-corrected chi connectivity index (χ3v) is 3.88. The van der Waals surface area contributed by atoms with Gasteiger partial charge in [-0.3, -0.25) is 4.79 Å². The maximum atomic E-state index is 12.6. The van der Waals surface area contributed by atoms with Gasteiger partial charge >= 0.3 is 6.18 Å². The number of hydrogen-bond acceptors (Lipinski definition) is 2. The number of halogens is 3. The maximum absolute atomic E-state index is 12.6. The molecule has 1 amide bonds. The highest BCUT2D eigenvalue weighted by atomic mass is 19.4. The summed E-state index contributed by atoms with van der Waals surface area (Å²) < 4.78 is 39.5. The second-order valence-corrected chi connectivity index (χ2v) is 5.87. The van der Waals surface area contributed by atoms with Crippen molar-refractivity contribution in [2.24, 2.45) is 0 Å². The SMILES string of the molecule is CN(Cc1cnn(-c2ccccc2)c1)C(=O)c1ccc(C(F)(F)F)cc1. The van der Waals surface area contributed by atoms with Crippen LogP contribution in [0.25, 0.3) is 5.69 Å². The van der Waals surface area contributed by atoms with Gasteiger partial charge < -0.3 is 4.90 Å². The molecule has 0 fully saturated rings. The fraction of sp³-hybridized carbons (Fsp3) is 0.158. The van der Waals surface area contributed by atoms with Gasteiger partial charge in [0.05, 0.1) is 17.4 Å². The van der Waals surface area contributed by atoms with E-state index in [0.717, 1.165) is 23.4 Å². The van der Waals surface area contributed by atoms with Crippen LogP contribution in [-0.2, 0) is 12.7 Å². The molecule has 0 N–H and O–H groups in total. The van der Waals surface area contributed by atoms with Crippen molar-refractivity contribution in [1.29, 1.82) is 0 Å². The molecule has 7 heteroatoms. The molecular formula is C19H16F3N3O. The highest BCUT2D eigenvalue weighted by molar-refractivity contribution is 5.94. The Morgan fingerprint density at radius 1 is 1.08 bits per heavy atom. The van der Waals surface area contributed by atoms with Gasteiger partial charge in [0.25, 0.3) is 5.91 Å². The summed E-state index contributed by atoms with van der Waals surface area (Å²) >= 11 is 0. The third kappa shape index (κ3) is 3.93. The van der Waals surface area contributed by atoms with E-state index in [1.54, 1.807) is 17.9 Å². The summed E-state index contributed by atoms with van der Waals surface area (Å²) in [6, 6.07) is 13.7. The minimum atomic E-state index is -4.42. The molecule has 0 saturated heterocycles. The fourth-order valence-corrected chi connectivity index (χ4v) is 2.53. The largest absolute Gasteiger partial charge is 0.416 e. The first-order valence-electron chi connectivity index (χ1n) is 7.86. The molecule has 0 atom stereocenters. The van der Waals surface area contributed by atoms with Crippen LogP contribution < -0.4 is 0 Å². The lowest BCUT2D eigenvalue weighted by Gasteiger charge is -2.16. The molecule has 0 saturated carbocycles. The van der Waals surface area contributed by atoms with Crippen molar-refractivity contribution in [2.75, 3.05) is 7.05 Å². The predicted octanol–water partition coefficient (Wildman–Crippen LogP) is 4.16. The van der Waals surface area contributed by atoms with E-state index in [9.17, 15) is 18.0 Å². The number of carbonyl (C=O) groups is 1. The lowest BCUT2D eigenvalue weighted by atomic mass is 10.1. The number of nitrogens with zero attached hydrogens (tertiary/aromatic N) is 3. The first-order chi connectivity index (χ1) is 12.3. The van der Waals surface area contributed by atoms with E-state index in [1.807, 2.05) is 36.5 Å². The second-order valence-electron chi connectivity index (χ2n) is 5.87. The fourth-order valence-electron chi connectivity index (χ4n) is 2.53. The molecule has 0 aliphatic heterocycles. The van der Waals surface area contributed by atoms with Crippen molar-refractivity contribution in [3.8, 4) is 5.69 Å². The maximum Gasteiger partial charge on any atom is 0.416 e. The van der Waals surface area contributed by atoms with Gasteiger partial charge in [-0.25, -0.2) is 4.68 Å². The normalized spacial score (nSPS) is 11.4. The topological polar surface area (TPSA) is 38.1 Å². The second kappa shape index (κ2) is 7.03. The number of carbonyl (C=O) groups excluding carboxylic acids is 1. The molecule has 3 rings (SSSR count). The Balaban J connectivity index is 1.69. The number of rotatable bonds is 4. The van der Waals surface area contributed by atoms with Gasteiger partial charge in [-0.1, -0.05) is 18.2 Å². The molecule has 0 spiro atoms. The quantitative estimate of drug-likeness (QED) is 0.701. The molecule has 0 radical (unpaired) electrons. The minimum absolute atomic E-state index is 0.205. The van der Waals surface area contributed by atoms with Gasteiger partial charge in [0.2, 0.25) is 0 Å². The highest BCUT2D eigenvalue weighted by Gasteiger charge is 2.30. The zero-order valence-corrected chi connectivity index (χ0v) is 13.9. The summed E-state index contributed by atoms with van der Waals surface area (Å²) in [6.45, 7) is 0.298. The number of benzene rings is 2. The molecule has 26 heavy (non-hydrogen) atoms. The molecule has 0 aliphatic carbocycles. The molecule has 4 nitrogen and oxygen atoms in total. The molecule has 0 bridgehead atoms. The van der Waals surface area contributed by atoms with Crippen LogP contribution in [0.4, 0.5) is 13.2 Å². The zero-order valence-electron chi connectivity index (χ0n) is 13.9. The number of alkyl halides is 3. The standard InChI is InChI=1S/C19H16F3N3O/c1-24(18(26)15-7-9-16(10-8-15)19(20,21)22)12-14-11-23-25(13-14)17-5-3-2-4-6-17/h2-11,13H,12H2,1H3. The molecule has 1 heterocycles. The predicted molar refractivity (Wildman–Crippen MR) is 90.8 cm³/mol. The van der Waals surface area contributed by atoms with Gasteiger partial charge in [-0.2, -0.15) is 18.3 Å². The summed E-state index contributed by atoms with van der Waals surface area (Å²) in [4.78, 5) is 13.8. The molecule has 2 aromatic carbocycles. The Kier molecular flexibility index (Phi) is 4.79. The Labute approximate surface area is 148 Å². The lowest BCUT2D eigenvalue weighted by molar-refractivity contribution is -0.137. The smallest absolute Gasteiger partial charge is 0.337 e. The molecule has 1 aromatic heterocycles. The van der Waals surface area contributed by atoms with Crippen LogP contribution >= 0.6 is 0 Å². The van der Waals surface area contributed by atoms with E-state index in [-0.39, 0.29) is 11.5 Å². The first-order valence-corrected chi connectivity index (χ1v) is 7.86. The van der Waals surface area contributed by atoms with Crippen LogP contribution in [0.5, 0.6) is 0 Å². The molecule has 0 unspecified atom stereocenters. The van der Waals surface area contributed by atoms with Gasteiger partial charge in [-0.05, 0) is 36.4 Å². The van der Waals surface area contributed by atoms with Gasteiger partial charge in [-0.15, -0.1) is 0 Å². The average Bonchev–Trinajstić information content (AvgIpc) is 3.09. The Morgan fingerprint density at radius 3 is 2.35 bits per heavy atom. The van der Waals surface area contributed by atoms with E-state index < -0.39 is 11.7 Å². The van der Waals surface area contributed by atoms with E-state index >= 15 is 0 Å². The van der Waals surface area contributed by atoms with Crippen LogP contribution in [0.2, 0.25) is 0 Å². The Morgan fingerprint density at radius 2 is 1.73 bits per heavy atom. The van der Waals surface area contributed by atoms with Gasteiger partial charge in [0, 0.05) is 30.9 Å². The van der Waals surface area contributed by atoms with E-state index in [4.69, 9.17) is 0 Å².